The van der Waals surface area contributed by atoms with Crippen molar-refractivity contribution in [1.82, 2.24) is 10.2 Å². The van der Waals surface area contributed by atoms with Crippen LogP contribution in [0.2, 0.25) is 0 Å². The second kappa shape index (κ2) is 4.60. The molecule has 17 heavy (non-hydrogen) atoms. The molecule has 1 N–H and O–H groups in total. The van der Waals surface area contributed by atoms with Crippen LogP contribution in [0.15, 0.2) is 0 Å². The van der Waals surface area contributed by atoms with Crippen LogP contribution in [0.25, 0.3) is 0 Å². The Morgan fingerprint density at radius 2 is 2.12 bits per heavy atom. The molecule has 1 heterocycles. The summed E-state index contributed by atoms with van der Waals surface area (Å²) < 4.78 is 0. The normalized spacial score (nSPS) is 41.1. The molecule has 0 aromatic heterocycles. The first-order valence-corrected chi connectivity index (χ1v) is 7.17. The van der Waals surface area contributed by atoms with E-state index < -0.39 is 0 Å². The third-order valence-electron chi connectivity index (χ3n) is 4.52. The van der Waals surface area contributed by atoms with E-state index in [0.29, 0.717) is 11.9 Å². The van der Waals surface area contributed by atoms with Crippen molar-refractivity contribution < 1.29 is 4.79 Å². The van der Waals surface area contributed by atoms with Gasteiger partial charge in [0.15, 0.2) is 0 Å². The van der Waals surface area contributed by atoms with E-state index in [1.165, 1.54) is 19.3 Å². The van der Waals surface area contributed by atoms with Crippen LogP contribution in [0.5, 0.6) is 0 Å². The number of hydrogen-bond acceptors (Lipinski definition) is 2. The molecule has 0 aromatic rings. The molecule has 0 bridgehead atoms. The highest BCUT2D eigenvalue weighted by Gasteiger charge is 2.54. The summed E-state index contributed by atoms with van der Waals surface area (Å²) in [6, 6.07) is 0.522. The summed E-state index contributed by atoms with van der Waals surface area (Å²) in [6.45, 7) is 8.54. The van der Waals surface area contributed by atoms with E-state index in [0.717, 1.165) is 18.8 Å². The molecule has 1 saturated heterocycles. The number of hydrogen-bond donors (Lipinski definition) is 1. The molecule has 3 heteroatoms. The minimum Gasteiger partial charge on any atom is -0.322 e. The van der Waals surface area contributed by atoms with Gasteiger partial charge in [0.25, 0.3) is 0 Å². The van der Waals surface area contributed by atoms with Crippen molar-refractivity contribution in [3.05, 3.63) is 0 Å². The van der Waals surface area contributed by atoms with Crippen molar-refractivity contribution in [3.8, 4) is 0 Å². The van der Waals surface area contributed by atoms with Gasteiger partial charge in [0.05, 0.1) is 11.7 Å². The molecular weight excluding hydrogens is 212 g/mol. The molecule has 0 radical (unpaired) electrons. The van der Waals surface area contributed by atoms with Crippen LogP contribution in [0.4, 0.5) is 0 Å². The first-order chi connectivity index (χ1) is 8.07. The summed E-state index contributed by atoms with van der Waals surface area (Å²) in [7, 11) is 0. The van der Waals surface area contributed by atoms with Gasteiger partial charge >= 0.3 is 0 Å². The van der Waals surface area contributed by atoms with Gasteiger partial charge in [0.2, 0.25) is 5.91 Å². The first-order valence-electron chi connectivity index (χ1n) is 7.17. The predicted molar refractivity (Wildman–Crippen MR) is 69.6 cm³/mol. The average Bonchev–Trinajstić information content (AvgIpc) is 3.01. The third-order valence-corrected chi connectivity index (χ3v) is 4.52. The molecule has 1 aliphatic heterocycles. The van der Waals surface area contributed by atoms with Crippen LogP contribution in [0, 0.1) is 5.92 Å². The van der Waals surface area contributed by atoms with E-state index in [1.807, 2.05) is 0 Å². The fourth-order valence-corrected chi connectivity index (χ4v) is 3.11. The Hall–Kier alpha value is -0.570. The van der Waals surface area contributed by atoms with Gasteiger partial charge in [-0.1, -0.05) is 27.2 Å². The number of nitrogens with zero attached hydrogens (tertiary/aromatic N) is 1. The summed E-state index contributed by atoms with van der Waals surface area (Å²) in [4.78, 5) is 14.7. The maximum absolute atomic E-state index is 12.5. The molecule has 1 saturated carbocycles. The molecule has 0 spiro atoms. The molecule has 4 unspecified atom stereocenters. The summed E-state index contributed by atoms with van der Waals surface area (Å²) in [6.07, 6.45) is 5.88. The zero-order valence-electron chi connectivity index (χ0n) is 11.6. The Morgan fingerprint density at radius 1 is 1.41 bits per heavy atom. The van der Waals surface area contributed by atoms with Crippen molar-refractivity contribution in [2.75, 3.05) is 0 Å². The fourth-order valence-electron chi connectivity index (χ4n) is 3.11. The van der Waals surface area contributed by atoms with Crippen molar-refractivity contribution in [1.29, 1.82) is 0 Å². The van der Waals surface area contributed by atoms with Crippen molar-refractivity contribution in [2.45, 2.75) is 77.5 Å². The molecule has 1 amide bonds. The molecule has 98 valence electrons. The van der Waals surface area contributed by atoms with Gasteiger partial charge in [-0.2, -0.15) is 0 Å². The van der Waals surface area contributed by atoms with E-state index in [9.17, 15) is 4.79 Å². The maximum atomic E-state index is 12.5. The molecule has 2 aliphatic rings. The van der Waals surface area contributed by atoms with E-state index in [1.54, 1.807) is 0 Å². The summed E-state index contributed by atoms with van der Waals surface area (Å²) >= 11 is 0. The summed E-state index contributed by atoms with van der Waals surface area (Å²) in [5.41, 5.74) is -0.319. The topological polar surface area (TPSA) is 32.3 Å². The molecule has 4 atom stereocenters. The third kappa shape index (κ3) is 2.10. The molecule has 2 fully saturated rings. The Kier molecular flexibility index (Phi) is 3.48. The smallest absolute Gasteiger partial charge is 0.244 e. The first kappa shape index (κ1) is 12.9. The van der Waals surface area contributed by atoms with E-state index in [2.05, 4.69) is 37.9 Å². The van der Waals surface area contributed by atoms with E-state index >= 15 is 0 Å². The van der Waals surface area contributed by atoms with Crippen molar-refractivity contribution >= 4 is 5.91 Å². The van der Waals surface area contributed by atoms with E-state index in [4.69, 9.17) is 0 Å². The van der Waals surface area contributed by atoms with Crippen LogP contribution in [0.1, 0.15) is 59.8 Å². The van der Waals surface area contributed by atoms with Gasteiger partial charge in [0, 0.05) is 6.04 Å². The molecular formula is C14H26N2O. The second-order valence-corrected chi connectivity index (χ2v) is 5.82. The minimum absolute atomic E-state index is 0.263. The average molecular weight is 238 g/mol. The fraction of sp³-hybridized carbons (Fsp3) is 0.929. The lowest BCUT2D eigenvalue weighted by Crippen LogP contribution is -2.43. The largest absolute Gasteiger partial charge is 0.322 e. The van der Waals surface area contributed by atoms with Gasteiger partial charge in [-0.3, -0.25) is 10.1 Å². The zero-order chi connectivity index (χ0) is 12.6. The number of rotatable bonds is 5. The number of amides is 1. The number of carbonyl (C=O) groups is 1. The highest BCUT2D eigenvalue weighted by atomic mass is 16.2. The monoisotopic (exact) mass is 238 g/mol. The lowest BCUT2D eigenvalue weighted by atomic mass is 9.99. The van der Waals surface area contributed by atoms with E-state index in [-0.39, 0.29) is 11.7 Å². The molecule has 0 aromatic carbocycles. The lowest BCUT2D eigenvalue weighted by molar-refractivity contribution is -0.133. The zero-order valence-corrected chi connectivity index (χ0v) is 11.6. The van der Waals surface area contributed by atoms with Crippen molar-refractivity contribution in [3.63, 3.8) is 0 Å². The lowest BCUT2D eigenvalue weighted by Gasteiger charge is -2.23. The predicted octanol–water partition coefficient (Wildman–Crippen LogP) is 2.51. The Balaban J connectivity index is 2.08. The minimum atomic E-state index is -0.319. The van der Waals surface area contributed by atoms with Gasteiger partial charge in [0.1, 0.15) is 0 Å². The quantitative estimate of drug-likeness (QED) is 0.798. The van der Waals surface area contributed by atoms with Gasteiger partial charge in [-0.05, 0) is 38.5 Å². The number of nitrogens with one attached hydrogen (secondary N) is 1. The van der Waals surface area contributed by atoms with Crippen LogP contribution in [-0.2, 0) is 4.79 Å². The van der Waals surface area contributed by atoms with Crippen LogP contribution >= 0.6 is 0 Å². The SMILES string of the molecule is CCCC1CC1N1C(=O)C(C)(CC)NC1CC. The summed E-state index contributed by atoms with van der Waals surface area (Å²) in [5.74, 6) is 1.09. The Labute approximate surface area is 105 Å². The number of carbonyl (C=O) groups excluding carboxylic acids is 1. The van der Waals surface area contributed by atoms with Crippen LogP contribution in [-0.4, -0.2) is 28.6 Å². The highest BCUT2D eigenvalue weighted by Crippen LogP contribution is 2.43. The Bertz CT molecular complexity index is 305. The molecule has 1 aliphatic carbocycles. The van der Waals surface area contributed by atoms with Crippen LogP contribution < -0.4 is 5.32 Å². The molecule has 2 rings (SSSR count). The summed E-state index contributed by atoms with van der Waals surface area (Å²) in [5, 5.41) is 3.53. The van der Waals surface area contributed by atoms with Crippen molar-refractivity contribution in [2.24, 2.45) is 5.92 Å². The van der Waals surface area contributed by atoms with Gasteiger partial charge in [-0.15, -0.1) is 0 Å². The maximum Gasteiger partial charge on any atom is 0.244 e. The van der Waals surface area contributed by atoms with Gasteiger partial charge in [-0.25, -0.2) is 0 Å². The Morgan fingerprint density at radius 3 is 2.65 bits per heavy atom. The standard InChI is InChI=1S/C14H26N2O/c1-5-8-10-9-11(10)16-12(6-2)15-14(4,7-3)13(16)17/h10-12,15H,5-9H2,1-4H3. The second-order valence-electron chi connectivity index (χ2n) is 5.82. The molecule has 3 nitrogen and oxygen atoms in total. The van der Waals surface area contributed by atoms with Crippen LogP contribution in [0.3, 0.4) is 0 Å². The highest BCUT2D eigenvalue weighted by molar-refractivity contribution is 5.89. The van der Waals surface area contributed by atoms with Gasteiger partial charge < -0.3 is 4.90 Å².